The van der Waals surface area contributed by atoms with Crippen LogP contribution >= 0.6 is 22.9 Å². The van der Waals surface area contributed by atoms with Crippen LogP contribution in [0.3, 0.4) is 0 Å². The van der Waals surface area contributed by atoms with E-state index in [1.807, 2.05) is 11.4 Å². The van der Waals surface area contributed by atoms with Crippen LogP contribution in [0.5, 0.6) is 0 Å². The third kappa shape index (κ3) is 4.42. The standard InChI is InChI=1S/C10H17ClN2S/c1-8(2)13-5-4-12-7-10-9(11)3-6-14-10/h3,6,8,12-13H,4-5,7H2,1-2H3. The summed E-state index contributed by atoms with van der Waals surface area (Å²) in [6.45, 7) is 7.15. The Balaban J connectivity index is 2.08. The van der Waals surface area contributed by atoms with Crippen LogP contribution in [-0.2, 0) is 6.54 Å². The van der Waals surface area contributed by atoms with E-state index in [1.54, 1.807) is 11.3 Å². The van der Waals surface area contributed by atoms with Gasteiger partial charge in [0, 0.05) is 30.6 Å². The lowest BCUT2D eigenvalue weighted by molar-refractivity contribution is 0.557. The maximum atomic E-state index is 5.96. The smallest absolute Gasteiger partial charge is 0.0558 e. The SMILES string of the molecule is CC(C)NCCNCc1sccc1Cl. The molecule has 0 saturated carbocycles. The van der Waals surface area contributed by atoms with Crippen molar-refractivity contribution < 1.29 is 0 Å². The summed E-state index contributed by atoms with van der Waals surface area (Å²) in [6.07, 6.45) is 0. The first-order valence-corrected chi connectivity index (χ1v) is 6.12. The molecule has 0 aromatic carbocycles. The van der Waals surface area contributed by atoms with Crippen LogP contribution in [0.4, 0.5) is 0 Å². The molecule has 0 radical (unpaired) electrons. The summed E-state index contributed by atoms with van der Waals surface area (Å²) >= 11 is 7.66. The Morgan fingerprint density at radius 2 is 2.21 bits per heavy atom. The van der Waals surface area contributed by atoms with Crippen molar-refractivity contribution >= 4 is 22.9 Å². The van der Waals surface area contributed by atoms with Gasteiger partial charge in [-0.05, 0) is 11.4 Å². The van der Waals surface area contributed by atoms with Crippen molar-refractivity contribution in [1.29, 1.82) is 0 Å². The van der Waals surface area contributed by atoms with Crippen molar-refractivity contribution in [3.63, 3.8) is 0 Å². The summed E-state index contributed by atoms with van der Waals surface area (Å²) in [4.78, 5) is 1.22. The molecule has 0 atom stereocenters. The van der Waals surface area contributed by atoms with Crippen LogP contribution in [-0.4, -0.2) is 19.1 Å². The average molecular weight is 233 g/mol. The highest BCUT2D eigenvalue weighted by atomic mass is 35.5. The lowest BCUT2D eigenvalue weighted by Gasteiger charge is -2.08. The molecule has 2 nitrogen and oxygen atoms in total. The van der Waals surface area contributed by atoms with E-state index in [0.717, 1.165) is 24.7 Å². The number of thiophene rings is 1. The lowest BCUT2D eigenvalue weighted by atomic mass is 10.4. The Bertz CT molecular complexity index is 260. The minimum Gasteiger partial charge on any atom is -0.313 e. The first-order valence-electron chi connectivity index (χ1n) is 4.86. The van der Waals surface area contributed by atoms with Gasteiger partial charge in [0.15, 0.2) is 0 Å². The zero-order valence-corrected chi connectivity index (χ0v) is 10.2. The molecule has 80 valence electrons. The van der Waals surface area contributed by atoms with Gasteiger partial charge < -0.3 is 10.6 Å². The van der Waals surface area contributed by atoms with E-state index >= 15 is 0 Å². The Morgan fingerprint density at radius 1 is 1.43 bits per heavy atom. The lowest BCUT2D eigenvalue weighted by Crippen LogP contribution is -2.31. The van der Waals surface area contributed by atoms with Gasteiger partial charge >= 0.3 is 0 Å². The van der Waals surface area contributed by atoms with Gasteiger partial charge in [0.25, 0.3) is 0 Å². The van der Waals surface area contributed by atoms with E-state index in [4.69, 9.17) is 11.6 Å². The Hall–Kier alpha value is -0.0900. The van der Waals surface area contributed by atoms with E-state index in [9.17, 15) is 0 Å². The fourth-order valence-electron chi connectivity index (χ4n) is 1.10. The predicted molar refractivity (Wildman–Crippen MR) is 64.2 cm³/mol. The molecule has 1 heterocycles. The largest absolute Gasteiger partial charge is 0.313 e. The van der Waals surface area contributed by atoms with E-state index in [0.29, 0.717) is 6.04 Å². The summed E-state index contributed by atoms with van der Waals surface area (Å²) in [5.74, 6) is 0. The second-order valence-electron chi connectivity index (χ2n) is 3.48. The fourth-order valence-corrected chi connectivity index (χ4v) is 2.17. The van der Waals surface area contributed by atoms with Crippen LogP contribution in [0.2, 0.25) is 5.02 Å². The van der Waals surface area contributed by atoms with Gasteiger partial charge in [-0.3, -0.25) is 0 Å². The summed E-state index contributed by atoms with van der Waals surface area (Å²) < 4.78 is 0. The van der Waals surface area contributed by atoms with Gasteiger partial charge in [0.05, 0.1) is 5.02 Å². The maximum absolute atomic E-state index is 5.96. The quantitative estimate of drug-likeness (QED) is 0.737. The van der Waals surface area contributed by atoms with Gasteiger partial charge in [-0.25, -0.2) is 0 Å². The van der Waals surface area contributed by atoms with Crippen molar-refractivity contribution in [2.75, 3.05) is 13.1 Å². The highest BCUT2D eigenvalue weighted by Crippen LogP contribution is 2.21. The highest BCUT2D eigenvalue weighted by molar-refractivity contribution is 7.10. The molecular weight excluding hydrogens is 216 g/mol. The normalized spacial score (nSPS) is 11.1. The van der Waals surface area contributed by atoms with E-state index in [1.165, 1.54) is 4.88 Å². The highest BCUT2D eigenvalue weighted by Gasteiger charge is 1.99. The Morgan fingerprint density at radius 3 is 2.79 bits per heavy atom. The van der Waals surface area contributed by atoms with Gasteiger partial charge in [-0.1, -0.05) is 25.4 Å². The molecule has 0 aliphatic rings. The van der Waals surface area contributed by atoms with Gasteiger partial charge in [-0.15, -0.1) is 11.3 Å². The second kappa shape index (κ2) is 6.40. The third-order valence-electron chi connectivity index (χ3n) is 1.83. The van der Waals surface area contributed by atoms with Crippen LogP contribution in [0, 0.1) is 0 Å². The fraction of sp³-hybridized carbons (Fsp3) is 0.600. The molecule has 0 saturated heterocycles. The minimum atomic E-state index is 0.558. The molecule has 0 amide bonds. The third-order valence-corrected chi connectivity index (χ3v) is 3.22. The molecule has 1 rings (SSSR count). The molecule has 1 aromatic rings. The van der Waals surface area contributed by atoms with E-state index in [-0.39, 0.29) is 0 Å². The second-order valence-corrected chi connectivity index (χ2v) is 4.89. The molecule has 14 heavy (non-hydrogen) atoms. The first-order chi connectivity index (χ1) is 6.70. The molecular formula is C10H17ClN2S. The molecule has 0 fully saturated rings. The zero-order valence-electron chi connectivity index (χ0n) is 8.64. The van der Waals surface area contributed by atoms with Crippen molar-refractivity contribution in [2.24, 2.45) is 0 Å². The Kier molecular flexibility index (Phi) is 5.48. The monoisotopic (exact) mass is 232 g/mol. The summed E-state index contributed by atoms with van der Waals surface area (Å²) in [6, 6.07) is 2.50. The van der Waals surface area contributed by atoms with Crippen LogP contribution < -0.4 is 10.6 Å². The molecule has 2 N–H and O–H groups in total. The van der Waals surface area contributed by atoms with Crippen LogP contribution in [0.1, 0.15) is 18.7 Å². The number of nitrogens with one attached hydrogen (secondary N) is 2. The molecule has 0 aliphatic carbocycles. The zero-order chi connectivity index (χ0) is 10.4. The number of hydrogen-bond donors (Lipinski definition) is 2. The topological polar surface area (TPSA) is 24.1 Å². The predicted octanol–water partition coefficient (Wildman–Crippen LogP) is 2.49. The van der Waals surface area contributed by atoms with E-state index < -0.39 is 0 Å². The van der Waals surface area contributed by atoms with Gasteiger partial charge in [-0.2, -0.15) is 0 Å². The summed E-state index contributed by atoms with van der Waals surface area (Å²) in [5, 5.41) is 9.59. The maximum Gasteiger partial charge on any atom is 0.0558 e. The molecule has 0 bridgehead atoms. The summed E-state index contributed by atoms with van der Waals surface area (Å²) in [7, 11) is 0. The van der Waals surface area contributed by atoms with Crippen molar-refractivity contribution in [2.45, 2.75) is 26.4 Å². The van der Waals surface area contributed by atoms with Gasteiger partial charge in [0.1, 0.15) is 0 Å². The van der Waals surface area contributed by atoms with Crippen LogP contribution in [0.15, 0.2) is 11.4 Å². The van der Waals surface area contributed by atoms with Gasteiger partial charge in [0.2, 0.25) is 0 Å². The van der Waals surface area contributed by atoms with Crippen molar-refractivity contribution in [3.05, 3.63) is 21.3 Å². The average Bonchev–Trinajstić information content (AvgIpc) is 2.51. The number of rotatable bonds is 6. The Labute approximate surface area is 94.7 Å². The van der Waals surface area contributed by atoms with E-state index in [2.05, 4.69) is 24.5 Å². The first kappa shape index (κ1) is 12.0. The molecule has 0 spiro atoms. The number of hydrogen-bond acceptors (Lipinski definition) is 3. The van der Waals surface area contributed by atoms with Crippen molar-refractivity contribution in [1.82, 2.24) is 10.6 Å². The molecule has 1 aromatic heterocycles. The molecule has 0 aliphatic heterocycles. The number of halogens is 1. The molecule has 0 unspecified atom stereocenters. The minimum absolute atomic E-state index is 0.558. The van der Waals surface area contributed by atoms with Crippen LogP contribution in [0.25, 0.3) is 0 Å². The van der Waals surface area contributed by atoms with Crippen molar-refractivity contribution in [3.8, 4) is 0 Å². The summed E-state index contributed by atoms with van der Waals surface area (Å²) in [5.41, 5.74) is 0. The molecule has 4 heteroatoms.